The lowest BCUT2D eigenvalue weighted by atomic mass is 9.43. The average Bonchev–Trinajstić information content (AvgIpc) is 3.30. The van der Waals surface area contributed by atoms with Crippen molar-refractivity contribution in [3.05, 3.63) is 12.2 Å². The first-order valence-electron chi connectivity index (χ1n) is 13.7. The number of fused-ring (bicyclic) bond motifs is 2. The van der Waals surface area contributed by atoms with Crippen molar-refractivity contribution in [2.45, 2.75) is 117 Å². The summed E-state index contributed by atoms with van der Waals surface area (Å²) in [6, 6.07) is 0. The first kappa shape index (κ1) is 23.4. The van der Waals surface area contributed by atoms with E-state index in [4.69, 9.17) is 0 Å². The van der Waals surface area contributed by atoms with Gasteiger partial charge in [-0.3, -0.25) is 0 Å². The van der Waals surface area contributed by atoms with Crippen LogP contribution in [-0.2, 0) is 0 Å². The van der Waals surface area contributed by atoms with Crippen LogP contribution in [0.3, 0.4) is 0 Å². The number of hydrogen-bond donors (Lipinski definition) is 3. The van der Waals surface area contributed by atoms with Crippen molar-refractivity contribution in [3.8, 4) is 0 Å². The molecule has 0 aliphatic heterocycles. The molecule has 3 heteroatoms. The first-order chi connectivity index (χ1) is 14.9. The summed E-state index contributed by atoms with van der Waals surface area (Å²) in [4.78, 5) is 0. The predicted molar refractivity (Wildman–Crippen MR) is 129 cm³/mol. The molecule has 182 valence electrons. The summed E-state index contributed by atoms with van der Waals surface area (Å²) in [6.07, 6.45) is 9.40. The Kier molecular flexibility index (Phi) is 5.34. The minimum Gasteiger partial charge on any atom is -0.393 e. The Morgan fingerprint density at radius 2 is 1.62 bits per heavy atom. The number of rotatable bonds is 5. The fourth-order valence-electron chi connectivity index (χ4n) is 10.5. The Morgan fingerprint density at radius 3 is 2.31 bits per heavy atom. The van der Waals surface area contributed by atoms with Crippen LogP contribution in [0.1, 0.15) is 98.8 Å². The van der Waals surface area contributed by atoms with Crippen LogP contribution in [0.25, 0.3) is 0 Å². The lowest BCUT2D eigenvalue weighted by molar-refractivity contribution is -0.194. The molecule has 5 saturated carbocycles. The summed E-state index contributed by atoms with van der Waals surface area (Å²) in [7, 11) is 0. The molecule has 5 aliphatic rings. The summed E-state index contributed by atoms with van der Waals surface area (Å²) in [5.74, 6) is 2.49. The molecule has 0 aromatic heterocycles. The minimum absolute atomic E-state index is 0.0804. The van der Waals surface area contributed by atoms with Gasteiger partial charge in [0.15, 0.2) is 0 Å². The third-order valence-electron chi connectivity index (χ3n) is 12.7. The van der Waals surface area contributed by atoms with E-state index in [1.807, 2.05) is 0 Å². The summed E-state index contributed by atoms with van der Waals surface area (Å²) < 4.78 is 0. The topological polar surface area (TPSA) is 60.7 Å². The molecule has 5 aliphatic carbocycles. The van der Waals surface area contributed by atoms with Crippen LogP contribution in [-0.4, -0.2) is 33.6 Å². The summed E-state index contributed by atoms with van der Waals surface area (Å²) in [5, 5.41) is 32.6. The molecule has 0 heterocycles. The molecule has 0 aromatic carbocycles. The maximum absolute atomic E-state index is 11.3. The van der Waals surface area contributed by atoms with Crippen molar-refractivity contribution in [3.63, 3.8) is 0 Å². The number of aliphatic hydroxyl groups is 3. The van der Waals surface area contributed by atoms with Gasteiger partial charge in [-0.15, -0.1) is 0 Å². The van der Waals surface area contributed by atoms with E-state index in [1.54, 1.807) is 0 Å². The summed E-state index contributed by atoms with van der Waals surface area (Å²) >= 11 is 0. The lowest BCUT2D eigenvalue weighted by Gasteiger charge is -2.62. The van der Waals surface area contributed by atoms with Gasteiger partial charge in [-0.05, 0) is 110 Å². The molecule has 3 nitrogen and oxygen atoms in total. The van der Waals surface area contributed by atoms with E-state index < -0.39 is 18.3 Å². The highest BCUT2D eigenvalue weighted by molar-refractivity contribution is 5.31. The van der Waals surface area contributed by atoms with E-state index >= 15 is 0 Å². The van der Waals surface area contributed by atoms with Gasteiger partial charge in [0, 0.05) is 5.92 Å². The van der Waals surface area contributed by atoms with Gasteiger partial charge in [-0.25, -0.2) is 0 Å². The van der Waals surface area contributed by atoms with Crippen molar-refractivity contribution >= 4 is 0 Å². The van der Waals surface area contributed by atoms with Crippen LogP contribution in [0.4, 0.5) is 0 Å². The first-order valence-corrected chi connectivity index (χ1v) is 13.7. The fraction of sp³-hybridized carbons (Fsp3) is 0.931. The molecule has 11 atom stereocenters. The smallest absolute Gasteiger partial charge is 0.0857 e. The largest absolute Gasteiger partial charge is 0.393 e. The van der Waals surface area contributed by atoms with Crippen LogP contribution in [0, 0.1) is 51.2 Å². The number of hydrogen-bond acceptors (Lipinski definition) is 3. The van der Waals surface area contributed by atoms with E-state index in [2.05, 4.69) is 41.2 Å². The Balaban J connectivity index is 1.40. The SMILES string of the molecule is C=C(CCC(C)C1CCC2(C)C3CC(O)C4C(O)C(O)CCC45CC35CCC12C)C(C)C. The molecule has 5 fully saturated rings. The van der Waals surface area contributed by atoms with Crippen LogP contribution < -0.4 is 0 Å². The number of allylic oxidation sites excluding steroid dienone is 1. The van der Waals surface area contributed by atoms with E-state index in [-0.39, 0.29) is 16.7 Å². The maximum Gasteiger partial charge on any atom is 0.0857 e. The lowest BCUT2D eigenvalue weighted by Crippen LogP contribution is -2.60. The fourth-order valence-corrected chi connectivity index (χ4v) is 10.5. The molecule has 2 spiro atoms. The van der Waals surface area contributed by atoms with Crippen molar-refractivity contribution in [2.75, 3.05) is 0 Å². The van der Waals surface area contributed by atoms with E-state index in [0.29, 0.717) is 35.0 Å². The zero-order valence-electron chi connectivity index (χ0n) is 21.2. The van der Waals surface area contributed by atoms with Crippen LogP contribution in [0.2, 0.25) is 0 Å². The molecule has 3 N–H and O–H groups in total. The van der Waals surface area contributed by atoms with Gasteiger partial charge < -0.3 is 15.3 Å². The molecule has 0 bridgehead atoms. The second-order valence-corrected chi connectivity index (χ2v) is 13.8. The third-order valence-corrected chi connectivity index (χ3v) is 12.7. The van der Waals surface area contributed by atoms with Gasteiger partial charge in [0.25, 0.3) is 0 Å². The second-order valence-electron chi connectivity index (χ2n) is 13.8. The highest BCUT2D eigenvalue weighted by Gasteiger charge is 2.82. The molecule has 0 radical (unpaired) electrons. The third kappa shape index (κ3) is 2.77. The minimum atomic E-state index is -0.745. The van der Waals surface area contributed by atoms with Crippen molar-refractivity contribution in [1.82, 2.24) is 0 Å². The van der Waals surface area contributed by atoms with Gasteiger partial charge in [0.2, 0.25) is 0 Å². The van der Waals surface area contributed by atoms with Crippen LogP contribution in [0.15, 0.2) is 12.2 Å². The van der Waals surface area contributed by atoms with Gasteiger partial charge in [-0.2, -0.15) is 0 Å². The van der Waals surface area contributed by atoms with Crippen molar-refractivity contribution in [1.29, 1.82) is 0 Å². The van der Waals surface area contributed by atoms with Crippen molar-refractivity contribution in [2.24, 2.45) is 51.2 Å². The number of aliphatic hydroxyl groups excluding tert-OH is 3. The molecule has 0 aromatic rings. The van der Waals surface area contributed by atoms with Gasteiger partial charge in [0.1, 0.15) is 0 Å². The Bertz CT molecular complexity index is 776. The van der Waals surface area contributed by atoms with Crippen LogP contribution in [0.5, 0.6) is 0 Å². The Labute approximate surface area is 196 Å². The van der Waals surface area contributed by atoms with Gasteiger partial charge >= 0.3 is 0 Å². The van der Waals surface area contributed by atoms with Crippen molar-refractivity contribution < 1.29 is 15.3 Å². The normalized spacial score (nSPS) is 54.9. The average molecular weight is 445 g/mol. The maximum atomic E-state index is 11.3. The highest BCUT2D eigenvalue weighted by atomic mass is 16.3. The monoisotopic (exact) mass is 444 g/mol. The van der Waals surface area contributed by atoms with E-state index in [9.17, 15) is 15.3 Å². The quantitative estimate of drug-likeness (QED) is 0.475. The standard InChI is InChI=1S/C29H48O3/c1-17(2)18(3)7-8-19(4)20-9-11-27(6)23-15-22(31)24-25(32)21(30)10-12-29(24)16-28(23,29)14-13-26(20,27)5/h17,19-25,30-32H,3,7-16H2,1-2,4-6H3. The molecular formula is C29H48O3. The summed E-state index contributed by atoms with van der Waals surface area (Å²) in [6.45, 7) is 16.5. The Hall–Kier alpha value is -0.380. The van der Waals surface area contributed by atoms with Gasteiger partial charge in [-0.1, -0.05) is 46.8 Å². The Morgan fingerprint density at radius 1 is 0.906 bits per heavy atom. The molecule has 0 saturated heterocycles. The predicted octanol–water partition coefficient (Wildman–Crippen LogP) is 5.72. The zero-order chi connectivity index (χ0) is 23.3. The van der Waals surface area contributed by atoms with E-state index in [0.717, 1.165) is 25.2 Å². The molecule has 11 unspecified atom stereocenters. The second kappa shape index (κ2) is 7.31. The molecular weight excluding hydrogens is 396 g/mol. The molecule has 32 heavy (non-hydrogen) atoms. The molecule has 0 amide bonds. The molecule has 5 rings (SSSR count). The highest BCUT2D eigenvalue weighted by Crippen LogP contribution is 2.87. The summed E-state index contributed by atoms with van der Waals surface area (Å²) in [5.41, 5.74) is 2.39. The van der Waals surface area contributed by atoms with E-state index in [1.165, 1.54) is 44.1 Å². The van der Waals surface area contributed by atoms with Gasteiger partial charge in [0.05, 0.1) is 18.3 Å². The van der Waals surface area contributed by atoms with Crippen LogP contribution >= 0.6 is 0 Å². The zero-order valence-corrected chi connectivity index (χ0v) is 21.2.